The first-order valence-electron chi connectivity index (χ1n) is 17.6. The van der Waals surface area contributed by atoms with Crippen molar-refractivity contribution in [2.75, 3.05) is 33.9 Å². The molecule has 1 unspecified atom stereocenters. The van der Waals surface area contributed by atoms with Crippen molar-refractivity contribution in [3.05, 3.63) is 109 Å². The molecular formula is C41H40BrN5O5S. The third kappa shape index (κ3) is 7.34. The quantitative estimate of drug-likeness (QED) is 0.0856. The first-order chi connectivity index (χ1) is 25.7. The lowest BCUT2D eigenvalue weighted by Crippen LogP contribution is -2.40. The zero-order valence-corrected chi connectivity index (χ0v) is 32.5. The fourth-order valence-electron chi connectivity index (χ4n) is 7.45. The van der Waals surface area contributed by atoms with Gasteiger partial charge in [0.05, 0.1) is 36.9 Å². The summed E-state index contributed by atoms with van der Waals surface area (Å²) < 4.78 is 21.7. The standard InChI is InChI=1S/C41H40BrN5O5S/c1-25-30-8-6-9-35(31(30)13-17-47(25)40(48)27(22-43)19-28-7-5-10-38(42)44-28)52-29-11-15-46(16-12-29)24-34-36(50-3)20-26(21-37(34)51-4)33-23-45(2)41(49)32-14-18-53-39(32)33/h5-10,14,18-21,23,25,29H,11-13,15-17,24H2,1-4H3. The summed E-state index contributed by atoms with van der Waals surface area (Å²) in [5, 5.41) is 12.5. The monoisotopic (exact) mass is 793 g/mol. The highest BCUT2D eigenvalue weighted by Crippen LogP contribution is 2.40. The van der Waals surface area contributed by atoms with Crippen LogP contribution in [0, 0.1) is 11.3 Å². The highest BCUT2D eigenvalue weighted by atomic mass is 79.9. The minimum Gasteiger partial charge on any atom is -0.496 e. The van der Waals surface area contributed by atoms with Crippen LogP contribution in [0.5, 0.6) is 17.2 Å². The summed E-state index contributed by atoms with van der Waals surface area (Å²) >= 11 is 4.91. The zero-order valence-electron chi connectivity index (χ0n) is 30.1. The number of hydrogen-bond donors (Lipinski definition) is 0. The number of carbonyl (C=O) groups excluding carboxylic acids is 1. The summed E-state index contributed by atoms with van der Waals surface area (Å²) in [7, 11) is 5.14. The lowest BCUT2D eigenvalue weighted by Gasteiger charge is -2.37. The van der Waals surface area contributed by atoms with Gasteiger partial charge in [-0.2, -0.15) is 5.26 Å². The number of nitriles is 1. The fraction of sp³-hybridized carbons (Fsp3) is 0.317. The highest BCUT2D eigenvalue weighted by molar-refractivity contribution is 9.10. The van der Waals surface area contributed by atoms with Crippen LogP contribution in [0.1, 0.15) is 48.2 Å². The molecule has 5 aromatic rings. The van der Waals surface area contributed by atoms with Crippen LogP contribution in [0.25, 0.3) is 27.3 Å². The van der Waals surface area contributed by atoms with E-state index in [0.717, 1.165) is 75.7 Å². The van der Waals surface area contributed by atoms with Gasteiger partial charge in [0, 0.05) is 55.3 Å². The minimum absolute atomic E-state index is 0.0114. The molecule has 3 aromatic heterocycles. The zero-order chi connectivity index (χ0) is 37.2. The third-order valence-electron chi connectivity index (χ3n) is 10.2. The molecule has 0 saturated carbocycles. The Kier molecular flexibility index (Phi) is 10.7. The van der Waals surface area contributed by atoms with E-state index in [4.69, 9.17) is 14.2 Å². The van der Waals surface area contributed by atoms with E-state index in [0.29, 0.717) is 35.2 Å². The highest BCUT2D eigenvalue weighted by Gasteiger charge is 2.32. The number of thiophene rings is 1. The van der Waals surface area contributed by atoms with Gasteiger partial charge in [-0.1, -0.05) is 18.2 Å². The smallest absolute Gasteiger partial charge is 0.265 e. The van der Waals surface area contributed by atoms with Gasteiger partial charge in [0.1, 0.15) is 39.6 Å². The molecule has 1 atom stereocenters. The number of amides is 1. The Labute approximate surface area is 321 Å². The summed E-state index contributed by atoms with van der Waals surface area (Å²) in [6, 6.07) is 19.3. The average Bonchev–Trinajstić information content (AvgIpc) is 3.67. The number of ether oxygens (including phenoxy) is 3. The molecule has 0 N–H and O–H groups in total. The van der Waals surface area contributed by atoms with Crippen molar-refractivity contribution in [1.29, 1.82) is 5.26 Å². The molecule has 1 fully saturated rings. The number of nitrogens with zero attached hydrogens (tertiary/aromatic N) is 5. The summed E-state index contributed by atoms with van der Waals surface area (Å²) in [6.07, 6.45) is 5.85. The second kappa shape index (κ2) is 15.6. The van der Waals surface area contributed by atoms with Crippen LogP contribution in [0.4, 0.5) is 0 Å². The van der Waals surface area contributed by atoms with E-state index in [1.54, 1.807) is 60.3 Å². The van der Waals surface area contributed by atoms with Crippen LogP contribution in [0.3, 0.4) is 0 Å². The molecule has 0 radical (unpaired) electrons. The lowest BCUT2D eigenvalue weighted by molar-refractivity contribution is -0.129. The number of halogens is 1. The average molecular weight is 795 g/mol. The van der Waals surface area contributed by atoms with Gasteiger partial charge in [-0.25, -0.2) is 4.98 Å². The number of piperidine rings is 1. The predicted octanol–water partition coefficient (Wildman–Crippen LogP) is 7.54. The van der Waals surface area contributed by atoms with Gasteiger partial charge in [0.15, 0.2) is 0 Å². The van der Waals surface area contributed by atoms with Crippen molar-refractivity contribution < 1.29 is 19.0 Å². The van der Waals surface area contributed by atoms with Crippen molar-refractivity contribution in [1.82, 2.24) is 19.4 Å². The van der Waals surface area contributed by atoms with Gasteiger partial charge in [-0.15, -0.1) is 11.3 Å². The van der Waals surface area contributed by atoms with Crippen LogP contribution in [0.15, 0.2) is 81.1 Å². The van der Waals surface area contributed by atoms with Crippen molar-refractivity contribution >= 4 is 49.3 Å². The molecule has 0 aliphatic carbocycles. The Morgan fingerprint density at radius 1 is 1.06 bits per heavy atom. The van der Waals surface area contributed by atoms with Crippen LogP contribution in [0.2, 0.25) is 0 Å². The summed E-state index contributed by atoms with van der Waals surface area (Å²) in [5.41, 5.74) is 5.64. The second-order valence-electron chi connectivity index (χ2n) is 13.4. The van der Waals surface area contributed by atoms with Crippen molar-refractivity contribution in [2.45, 2.75) is 44.9 Å². The SMILES string of the molecule is COc1cc(-c2cn(C)c(=O)c3ccsc23)cc(OC)c1CN1CCC(Oc2cccc3c2CCN(C(=O)C(C#N)=Cc2cccc(Br)n2)C3C)CC1. The second-order valence-corrected chi connectivity index (χ2v) is 15.1. The molecular weight excluding hydrogens is 754 g/mol. The molecule has 2 aliphatic heterocycles. The van der Waals surface area contributed by atoms with Gasteiger partial charge in [0.2, 0.25) is 0 Å². The molecule has 272 valence electrons. The first-order valence-corrected chi connectivity index (χ1v) is 19.2. The van der Waals surface area contributed by atoms with E-state index in [1.807, 2.05) is 54.9 Å². The Hall–Kier alpha value is -4.96. The van der Waals surface area contributed by atoms with Gasteiger partial charge < -0.3 is 23.7 Å². The molecule has 1 amide bonds. The molecule has 12 heteroatoms. The molecule has 2 aromatic carbocycles. The number of likely N-dealkylation sites (tertiary alicyclic amines) is 1. The maximum Gasteiger partial charge on any atom is 0.265 e. The van der Waals surface area contributed by atoms with E-state index in [1.165, 1.54) is 0 Å². The van der Waals surface area contributed by atoms with Crippen molar-refractivity contribution in [3.8, 4) is 34.4 Å². The summed E-state index contributed by atoms with van der Waals surface area (Å²) in [4.78, 5) is 34.8. The Balaban J connectivity index is 1.02. The number of hydrogen-bond acceptors (Lipinski definition) is 9. The van der Waals surface area contributed by atoms with Crippen LogP contribution >= 0.6 is 27.3 Å². The largest absolute Gasteiger partial charge is 0.496 e. The molecule has 0 bridgehead atoms. The lowest BCUT2D eigenvalue weighted by atomic mass is 9.92. The van der Waals surface area contributed by atoms with Gasteiger partial charge in [0.25, 0.3) is 11.5 Å². The Morgan fingerprint density at radius 2 is 1.79 bits per heavy atom. The van der Waals surface area contributed by atoms with Crippen LogP contribution in [-0.4, -0.2) is 65.2 Å². The molecule has 2 aliphatic rings. The van der Waals surface area contributed by atoms with Gasteiger partial charge in [-0.05, 0) is 101 Å². The van der Waals surface area contributed by atoms with E-state index in [2.05, 4.69) is 37.9 Å². The topological polar surface area (TPSA) is 110 Å². The van der Waals surface area contributed by atoms with Gasteiger partial charge >= 0.3 is 0 Å². The number of aryl methyl sites for hydroxylation is 1. The number of methoxy groups -OCH3 is 2. The maximum atomic E-state index is 13.6. The number of carbonyl (C=O) groups is 1. The number of aromatic nitrogens is 2. The Bertz CT molecular complexity index is 2290. The van der Waals surface area contributed by atoms with Crippen LogP contribution in [-0.2, 0) is 24.8 Å². The maximum absolute atomic E-state index is 13.6. The first kappa shape index (κ1) is 36.4. The van der Waals surface area contributed by atoms with E-state index >= 15 is 0 Å². The number of rotatable bonds is 9. The normalized spacial score (nSPS) is 16.6. The van der Waals surface area contributed by atoms with E-state index in [9.17, 15) is 14.9 Å². The number of pyridine rings is 2. The van der Waals surface area contributed by atoms with Gasteiger partial charge in [-0.3, -0.25) is 14.5 Å². The van der Waals surface area contributed by atoms with Crippen molar-refractivity contribution in [2.24, 2.45) is 7.05 Å². The molecule has 10 nitrogen and oxygen atoms in total. The van der Waals surface area contributed by atoms with E-state index in [-0.39, 0.29) is 29.2 Å². The molecule has 7 rings (SSSR count). The molecule has 53 heavy (non-hydrogen) atoms. The summed E-state index contributed by atoms with van der Waals surface area (Å²) in [5.74, 6) is 2.05. The molecule has 5 heterocycles. The van der Waals surface area contributed by atoms with Crippen molar-refractivity contribution in [3.63, 3.8) is 0 Å². The number of fused-ring (bicyclic) bond motifs is 2. The van der Waals surface area contributed by atoms with E-state index < -0.39 is 0 Å². The summed E-state index contributed by atoms with van der Waals surface area (Å²) in [6.45, 7) is 4.85. The Morgan fingerprint density at radius 3 is 2.49 bits per heavy atom. The predicted molar refractivity (Wildman–Crippen MR) is 210 cm³/mol. The number of benzene rings is 2. The minimum atomic E-state index is -0.305. The van der Waals surface area contributed by atoms with Crippen LogP contribution < -0.4 is 19.8 Å². The fourth-order valence-corrected chi connectivity index (χ4v) is 8.73. The molecule has 1 saturated heterocycles. The molecule has 0 spiro atoms. The third-order valence-corrected chi connectivity index (χ3v) is 11.6.